The average Bonchev–Trinajstić information content (AvgIpc) is 2.81. The van der Waals surface area contributed by atoms with E-state index in [0.29, 0.717) is 0 Å². The lowest BCUT2D eigenvalue weighted by Gasteiger charge is -2.00. The van der Waals surface area contributed by atoms with Crippen LogP contribution in [-0.4, -0.2) is 45.8 Å². The second kappa shape index (κ2) is 9.86. The molecule has 1 fully saturated rings. The van der Waals surface area contributed by atoms with E-state index >= 15 is 0 Å². The van der Waals surface area contributed by atoms with E-state index in [0.717, 1.165) is 6.08 Å². The van der Waals surface area contributed by atoms with Crippen molar-refractivity contribution >= 4 is 29.8 Å². The Kier molecular flexibility index (Phi) is 9.09. The van der Waals surface area contributed by atoms with Crippen LogP contribution in [0.4, 0.5) is 0 Å². The first kappa shape index (κ1) is 15.7. The maximum Gasteiger partial charge on any atom is 0.329 e. The van der Waals surface area contributed by atoms with Gasteiger partial charge < -0.3 is 10.2 Å². The van der Waals surface area contributed by atoms with E-state index in [4.69, 9.17) is 10.2 Å². The molecule has 6 nitrogen and oxygen atoms in total. The van der Waals surface area contributed by atoms with Crippen LogP contribution in [0.15, 0.2) is 4.99 Å². The van der Waals surface area contributed by atoms with Crippen LogP contribution in [0.2, 0.25) is 0 Å². The van der Waals surface area contributed by atoms with Crippen molar-refractivity contribution in [2.45, 2.75) is 31.7 Å². The number of isocyanates is 1. The summed E-state index contributed by atoms with van der Waals surface area (Å²) in [6, 6.07) is -1.29. The number of carboxylic acids is 2. The summed E-state index contributed by atoms with van der Waals surface area (Å²) in [4.78, 5) is 32.8. The summed E-state index contributed by atoms with van der Waals surface area (Å²) < 4.78 is 0. The first-order valence-corrected chi connectivity index (χ1v) is 6.32. The molecule has 0 saturated carbocycles. The van der Waals surface area contributed by atoms with Gasteiger partial charge in [-0.3, -0.25) is 4.79 Å². The fourth-order valence-corrected chi connectivity index (χ4v) is 2.10. The molecular formula is C10H15NO5S. The van der Waals surface area contributed by atoms with Crippen molar-refractivity contribution in [2.24, 2.45) is 4.99 Å². The van der Waals surface area contributed by atoms with Gasteiger partial charge in [0.2, 0.25) is 6.08 Å². The molecule has 0 radical (unpaired) electrons. The summed E-state index contributed by atoms with van der Waals surface area (Å²) in [7, 11) is 0. The molecule has 1 aliphatic heterocycles. The number of hydrogen-bond acceptors (Lipinski definition) is 5. The Morgan fingerprint density at radius 1 is 1.29 bits per heavy atom. The van der Waals surface area contributed by atoms with E-state index in [1.54, 1.807) is 0 Å². The zero-order chi connectivity index (χ0) is 13.1. The van der Waals surface area contributed by atoms with Gasteiger partial charge in [0, 0.05) is 6.42 Å². The number of carbonyl (C=O) groups is 2. The fourth-order valence-electron chi connectivity index (χ4n) is 1.08. The number of rotatable bonds is 5. The van der Waals surface area contributed by atoms with Crippen LogP contribution >= 0.6 is 11.8 Å². The van der Waals surface area contributed by atoms with Crippen molar-refractivity contribution in [2.75, 3.05) is 11.5 Å². The highest BCUT2D eigenvalue weighted by Crippen LogP contribution is 2.14. The lowest BCUT2D eigenvalue weighted by molar-refractivity contribution is -0.139. The fraction of sp³-hybridized carbons (Fsp3) is 0.700. The van der Waals surface area contributed by atoms with Gasteiger partial charge >= 0.3 is 11.9 Å². The Labute approximate surface area is 103 Å². The number of hydrogen-bond donors (Lipinski definition) is 2. The standard InChI is InChI=1S/C6H7NO5.C4H8S/c8-3-7-4(6(11)12)1-2-5(9)10;1-2-4-5-3-1/h4H,1-2H2,(H,9,10)(H,11,12);1-4H2/t4-;/m0./s1. The lowest BCUT2D eigenvalue weighted by Crippen LogP contribution is -2.18. The normalized spacial score (nSPS) is 15.1. The third kappa shape index (κ3) is 9.59. The van der Waals surface area contributed by atoms with Crippen LogP contribution in [0.25, 0.3) is 0 Å². The van der Waals surface area contributed by atoms with E-state index in [-0.39, 0.29) is 12.8 Å². The zero-order valence-electron chi connectivity index (χ0n) is 9.29. The van der Waals surface area contributed by atoms with Crippen LogP contribution < -0.4 is 0 Å². The second-order valence-electron chi connectivity index (χ2n) is 3.33. The van der Waals surface area contributed by atoms with Gasteiger partial charge in [0.1, 0.15) is 0 Å². The Morgan fingerprint density at radius 3 is 2.18 bits per heavy atom. The van der Waals surface area contributed by atoms with Crippen molar-refractivity contribution in [3.8, 4) is 0 Å². The van der Waals surface area contributed by atoms with Gasteiger partial charge in [-0.25, -0.2) is 9.59 Å². The summed E-state index contributed by atoms with van der Waals surface area (Å²) in [5.74, 6) is 0.391. The molecule has 0 aromatic heterocycles. The van der Waals surface area contributed by atoms with Gasteiger partial charge in [-0.2, -0.15) is 16.8 Å². The van der Waals surface area contributed by atoms with Crippen molar-refractivity contribution in [3.05, 3.63) is 0 Å². The predicted octanol–water partition coefficient (Wildman–Crippen LogP) is 1.15. The van der Waals surface area contributed by atoms with E-state index in [2.05, 4.69) is 16.8 Å². The smallest absolute Gasteiger partial charge is 0.329 e. The quantitative estimate of drug-likeness (QED) is 0.568. The number of aliphatic carboxylic acids is 2. The monoisotopic (exact) mass is 261 g/mol. The Morgan fingerprint density at radius 2 is 1.88 bits per heavy atom. The van der Waals surface area contributed by atoms with E-state index < -0.39 is 18.0 Å². The number of thioether (sulfide) groups is 1. The topological polar surface area (TPSA) is 104 Å². The first-order valence-electron chi connectivity index (χ1n) is 5.17. The van der Waals surface area contributed by atoms with Gasteiger partial charge in [-0.1, -0.05) is 0 Å². The van der Waals surface area contributed by atoms with Crippen LogP contribution in [0, 0.1) is 0 Å². The van der Waals surface area contributed by atoms with Gasteiger partial charge in [0.05, 0.1) is 0 Å². The van der Waals surface area contributed by atoms with Gasteiger partial charge in [0.25, 0.3) is 0 Å². The molecule has 7 heteroatoms. The van der Waals surface area contributed by atoms with Gasteiger partial charge in [0.15, 0.2) is 6.04 Å². The summed E-state index contributed by atoms with van der Waals surface area (Å²) in [5.41, 5.74) is 0. The summed E-state index contributed by atoms with van der Waals surface area (Å²) >= 11 is 2.07. The largest absolute Gasteiger partial charge is 0.481 e. The van der Waals surface area contributed by atoms with E-state index in [1.807, 2.05) is 0 Å². The molecule has 1 saturated heterocycles. The van der Waals surface area contributed by atoms with Crippen molar-refractivity contribution < 1.29 is 24.6 Å². The second-order valence-corrected chi connectivity index (χ2v) is 4.55. The van der Waals surface area contributed by atoms with Gasteiger partial charge in [-0.05, 0) is 30.8 Å². The molecule has 0 aromatic carbocycles. The molecule has 17 heavy (non-hydrogen) atoms. The summed E-state index contributed by atoms with van der Waals surface area (Å²) in [6.45, 7) is 0. The first-order chi connectivity index (χ1) is 8.07. The SMILES string of the molecule is C1CCSC1.O=C=N[C@@H](CCC(=O)O)C(=O)O. The van der Waals surface area contributed by atoms with Crippen molar-refractivity contribution in [1.82, 2.24) is 0 Å². The van der Waals surface area contributed by atoms with Crippen LogP contribution in [0.3, 0.4) is 0 Å². The molecule has 1 heterocycles. The van der Waals surface area contributed by atoms with Crippen LogP contribution in [0.5, 0.6) is 0 Å². The van der Waals surface area contributed by atoms with E-state index in [1.165, 1.54) is 24.3 Å². The Bertz CT molecular complexity index is 287. The molecular weight excluding hydrogens is 246 g/mol. The number of carbonyl (C=O) groups excluding carboxylic acids is 1. The van der Waals surface area contributed by atoms with Crippen LogP contribution in [0.1, 0.15) is 25.7 Å². The molecule has 1 atom stereocenters. The number of carboxylic acid groups (broad SMARTS) is 2. The predicted molar refractivity (Wildman–Crippen MR) is 63.0 cm³/mol. The van der Waals surface area contributed by atoms with Gasteiger partial charge in [-0.15, -0.1) is 0 Å². The maximum atomic E-state index is 10.2. The molecule has 0 spiro atoms. The molecule has 0 unspecified atom stereocenters. The number of aliphatic imine (C=N–C) groups is 1. The summed E-state index contributed by atoms with van der Waals surface area (Å²) in [6.07, 6.45) is 3.47. The Hall–Kier alpha value is -1.33. The highest BCUT2D eigenvalue weighted by Gasteiger charge is 2.16. The third-order valence-electron chi connectivity index (χ3n) is 1.95. The average molecular weight is 261 g/mol. The minimum atomic E-state index is -1.32. The highest BCUT2D eigenvalue weighted by molar-refractivity contribution is 7.99. The third-order valence-corrected chi connectivity index (χ3v) is 3.11. The van der Waals surface area contributed by atoms with E-state index in [9.17, 15) is 14.4 Å². The number of nitrogens with zero attached hydrogens (tertiary/aromatic N) is 1. The van der Waals surface area contributed by atoms with Crippen molar-refractivity contribution in [1.29, 1.82) is 0 Å². The molecule has 1 aliphatic rings. The minimum absolute atomic E-state index is 0.195. The lowest BCUT2D eigenvalue weighted by atomic mass is 10.2. The van der Waals surface area contributed by atoms with Crippen LogP contribution in [-0.2, 0) is 14.4 Å². The molecule has 0 aromatic rings. The highest BCUT2D eigenvalue weighted by atomic mass is 32.2. The molecule has 96 valence electrons. The Balaban J connectivity index is 0.000000419. The molecule has 0 aliphatic carbocycles. The molecule has 0 bridgehead atoms. The molecule has 2 N–H and O–H groups in total. The molecule has 1 rings (SSSR count). The summed E-state index contributed by atoms with van der Waals surface area (Å²) in [5, 5.41) is 16.5. The zero-order valence-corrected chi connectivity index (χ0v) is 10.1. The van der Waals surface area contributed by atoms with Crippen molar-refractivity contribution in [3.63, 3.8) is 0 Å². The molecule has 0 amide bonds. The maximum absolute atomic E-state index is 10.2. The minimum Gasteiger partial charge on any atom is -0.481 e.